The number of carbonyl (C=O) groups excluding carboxylic acids is 1. The molecule has 1 aliphatic heterocycles. The number of methoxy groups -OCH3 is 1. The lowest BCUT2D eigenvalue weighted by molar-refractivity contribution is -0.136. The number of carbonyl (C=O) groups is 1. The molecule has 2 atom stereocenters. The van der Waals surface area contributed by atoms with E-state index >= 15 is 0 Å². The van der Waals surface area contributed by atoms with Crippen molar-refractivity contribution in [3.05, 3.63) is 29.8 Å². The fourth-order valence-corrected chi connectivity index (χ4v) is 3.08. The molecule has 116 valence electrons. The number of benzene rings is 1. The van der Waals surface area contributed by atoms with E-state index in [4.69, 9.17) is 10.5 Å². The van der Waals surface area contributed by atoms with Crippen LogP contribution in [0.15, 0.2) is 24.3 Å². The number of hydrogen-bond acceptors (Lipinski definition) is 3. The Morgan fingerprint density at radius 2 is 2.14 bits per heavy atom. The topological polar surface area (TPSA) is 55.6 Å². The van der Waals surface area contributed by atoms with E-state index in [2.05, 4.69) is 13.8 Å². The molecule has 1 aliphatic rings. The second-order valence-electron chi connectivity index (χ2n) is 6.18. The number of para-hydroxylation sites is 1. The minimum atomic E-state index is -0.0823. The van der Waals surface area contributed by atoms with Crippen LogP contribution >= 0.6 is 0 Å². The van der Waals surface area contributed by atoms with Crippen molar-refractivity contribution >= 4 is 5.91 Å². The summed E-state index contributed by atoms with van der Waals surface area (Å²) in [5.74, 6) is 1.35. The number of ether oxygens (including phenoxy) is 1. The van der Waals surface area contributed by atoms with Gasteiger partial charge in [0.15, 0.2) is 0 Å². The molecule has 0 radical (unpaired) electrons. The minimum Gasteiger partial charge on any atom is -0.496 e. The molecule has 1 saturated heterocycles. The standard InChI is InChI=1S/C17H26N2O2/c1-12(2)11-16(20)19-10-6-8-14(18)17(19)13-7-4-5-9-15(13)21-3/h4-5,7,9,12,14,17H,6,8,10-11,18H2,1-3H3/t14-,17-/m0/s1. The predicted octanol–water partition coefficient (Wildman–Crippen LogP) is 2.73. The number of hydrogen-bond donors (Lipinski definition) is 1. The van der Waals surface area contributed by atoms with Crippen molar-refractivity contribution in [2.45, 2.75) is 45.2 Å². The van der Waals surface area contributed by atoms with E-state index in [0.717, 1.165) is 30.7 Å². The molecule has 4 nitrogen and oxygen atoms in total. The van der Waals surface area contributed by atoms with E-state index in [0.29, 0.717) is 12.3 Å². The second kappa shape index (κ2) is 6.94. The highest BCUT2D eigenvalue weighted by Crippen LogP contribution is 2.36. The van der Waals surface area contributed by atoms with Gasteiger partial charge in [-0.1, -0.05) is 32.0 Å². The summed E-state index contributed by atoms with van der Waals surface area (Å²) in [5.41, 5.74) is 7.36. The van der Waals surface area contributed by atoms with E-state index in [1.807, 2.05) is 29.2 Å². The van der Waals surface area contributed by atoms with Gasteiger partial charge in [-0.3, -0.25) is 4.79 Å². The first-order valence-corrected chi connectivity index (χ1v) is 7.72. The largest absolute Gasteiger partial charge is 0.496 e. The first kappa shape index (κ1) is 15.8. The second-order valence-corrected chi connectivity index (χ2v) is 6.18. The Morgan fingerprint density at radius 1 is 1.43 bits per heavy atom. The van der Waals surface area contributed by atoms with Gasteiger partial charge in [0.05, 0.1) is 13.2 Å². The van der Waals surface area contributed by atoms with Crippen molar-refractivity contribution in [1.82, 2.24) is 4.90 Å². The van der Waals surface area contributed by atoms with Crippen LogP contribution in [0.5, 0.6) is 5.75 Å². The average molecular weight is 290 g/mol. The summed E-state index contributed by atoms with van der Waals surface area (Å²) in [7, 11) is 1.66. The van der Waals surface area contributed by atoms with Gasteiger partial charge < -0.3 is 15.4 Å². The summed E-state index contributed by atoms with van der Waals surface area (Å²) in [6.45, 7) is 4.92. The van der Waals surface area contributed by atoms with Crippen molar-refractivity contribution in [3.8, 4) is 5.75 Å². The fraction of sp³-hybridized carbons (Fsp3) is 0.588. The van der Waals surface area contributed by atoms with Gasteiger partial charge >= 0.3 is 0 Å². The van der Waals surface area contributed by atoms with Gasteiger partial charge in [-0.05, 0) is 24.8 Å². The molecule has 2 rings (SSSR count). The van der Waals surface area contributed by atoms with Gasteiger partial charge in [-0.15, -0.1) is 0 Å². The zero-order valence-corrected chi connectivity index (χ0v) is 13.2. The third kappa shape index (κ3) is 3.56. The molecule has 0 bridgehead atoms. The lowest BCUT2D eigenvalue weighted by Crippen LogP contribution is -2.48. The van der Waals surface area contributed by atoms with Gasteiger partial charge in [0.2, 0.25) is 5.91 Å². The molecular weight excluding hydrogens is 264 g/mol. The summed E-state index contributed by atoms with van der Waals surface area (Å²) in [6.07, 6.45) is 2.48. The Hall–Kier alpha value is -1.55. The highest BCUT2D eigenvalue weighted by Gasteiger charge is 2.34. The summed E-state index contributed by atoms with van der Waals surface area (Å²) in [4.78, 5) is 14.5. The predicted molar refractivity (Wildman–Crippen MR) is 84.1 cm³/mol. The highest BCUT2D eigenvalue weighted by atomic mass is 16.5. The normalized spacial score (nSPS) is 22.4. The number of piperidine rings is 1. The van der Waals surface area contributed by atoms with E-state index < -0.39 is 0 Å². The first-order chi connectivity index (χ1) is 10.0. The highest BCUT2D eigenvalue weighted by molar-refractivity contribution is 5.77. The molecule has 1 heterocycles. The van der Waals surface area contributed by atoms with Crippen molar-refractivity contribution in [1.29, 1.82) is 0 Å². The quantitative estimate of drug-likeness (QED) is 0.927. The van der Waals surface area contributed by atoms with Crippen LogP contribution in [-0.2, 0) is 4.79 Å². The summed E-state index contributed by atoms with van der Waals surface area (Å²) in [5, 5.41) is 0. The Balaban J connectivity index is 2.32. The molecule has 1 amide bonds. The third-order valence-electron chi connectivity index (χ3n) is 4.04. The number of rotatable bonds is 4. The molecule has 1 aromatic carbocycles. The van der Waals surface area contributed by atoms with Crippen LogP contribution < -0.4 is 10.5 Å². The number of nitrogens with zero attached hydrogens (tertiary/aromatic N) is 1. The van der Waals surface area contributed by atoms with E-state index in [1.54, 1.807) is 7.11 Å². The molecule has 0 saturated carbocycles. The smallest absolute Gasteiger partial charge is 0.223 e. The molecule has 4 heteroatoms. The van der Waals surface area contributed by atoms with E-state index in [9.17, 15) is 4.79 Å². The Bertz CT molecular complexity index is 487. The van der Waals surface area contributed by atoms with E-state index in [-0.39, 0.29) is 18.0 Å². The monoisotopic (exact) mass is 290 g/mol. The molecule has 0 spiro atoms. The Kier molecular flexibility index (Phi) is 5.23. The Morgan fingerprint density at radius 3 is 2.81 bits per heavy atom. The summed E-state index contributed by atoms with van der Waals surface area (Å²) < 4.78 is 5.46. The van der Waals surface area contributed by atoms with Crippen LogP contribution in [0.1, 0.15) is 44.7 Å². The molecule has 0 aliphatic carbocycles. The number of amides is 1. The van der Waals surface area contributed by atoms with Crippen LogP contribution in [0.4, 0.5) is 0 Å². The van der Waals surface area contributed by atoms with Crippen molar-refractivity contribution in [2.75, 3.05) is 13.7 Å². The minimum absolute atomic E-state index is 0.0360. The maximum atomic E-state index is 12.6. The van der Waals surface area contributed by atoms with Gasteiger partial charge in [0, 0.05) is 24.6 Å². The molecule has 1 fully saturated rings. The van der Waals surface area contributed by atoms with Gasteiger partial charge in [0.1, 0.15) is 5.75 Å². The molecule has 2 N–H and O–H groups in total. The third-order valence-corrected chi connectivity index (χ3v) is 4.04. The van der Waals surface area contributed by atoms with Crippen LogP contribution in [0.3, 0.4) is 0 Å². The van der Waals surface area contributed by atoms with Crippen molar-refractivity contribution in [3.63, 3.8) is 0 Å². The van der Waals surface area contributed by atoms with E-state index in [1.165, 1.54) is 0 Å². The zero-order chi connectivity index (χ0) is 15.4. The SMILES string of the molecule is COc1ccccc1[C@H]1[C@@H](N)CCCN1C(=O)CC(C)C. The summed E-state index contributed by atoms with van der Waals surface area (Å²) in [6, 6.07) is 7.75. The maximum Gasteiger partial charge on any atom is 0.223 e. The van der Waals surface area contributed by atoms with Gasteiger partial charge in [-0.25, -0.2) is 0 Å². The maximum absolute atomic E-state index is 12.6. The lowest BCUT2D eigenvalue weighted by atomic mass is 9.89. The van der Waals surface area contributed by atoms with Gasteiger partial charge in [0.25, 0.3) is 0 Å². The lowest BCUT2D eigenvalue weighted by Gasteiger charge is -2.41. The van der Waals surface area contributed by atoms with Crippen molar-refractivity contribution in [2.24, 2.45) is 11.7 Å². The average Bonchev–Trinajstić information content (AvgIpc) is 2.46. The molecule has 1 aromatic rings. The molecular formula is C17H26N2O2. The van der Waals surface area contributed by atoms with Crippen LogP contribution in [0, 0.1) is 5.92 Å². The fourth-order valence-electron chi connectivity index (χ4n) is 3.08. The Labute approximate surface area is 127 Å². The summed E-state index contributed by atoms with van der Waals surface area (Å²) >= 11 is 0. The van der Waals surface area contributed by atoms with Crippen LogP contribution in [0.25, 0.3) is 0 Å². The molecule has 0 aromatic heterocycles. The number of nitrogens with two attached hydrogens (primary N) is 1. The number of likely N-dealkylation sites (tertiary alicyclic amines) is 1. The van der Waals surface area contributed by atoms with Crippen LogP contribution in [-0.4, -0.2) is 30.5 Å². The molecule has 21 heavy (non-hydrogen) atoms. The molecule has 0 unspecified atom stereocenters. The zero-order valence-electron chi connectivity index (χ0n) is 13.2. The van der Waals surface area contributed by atoms with Gasteiger partial charge in [-0.2, -0.15) is 0 Å². The first-order valence-electron chi connectivity index (χ1n) is 7.72. The van der Waals surface area contributed by atoms with Crippen LogP contribution in [0.2, 0.25) is 0 Å². The van der Waals surface area contributed by atoms with Crippen molar-refractivity contribution < 1.29 is 9.53 Å².